The second kappa shape index (κ2) is 8.41. The van der Waals surface area contributed by atoms with Crippen molar-refractivity contribution >= 4 is 27.3 Å². The van der Waals surface area contributed by atoms with E-state index < -0.39 is 21.0 Å². The largest absolute Gasteiger partial charge is 0.486 e. The topological polar surface area (TPSA) is 81.7 Å². The second-order valence-corrected chi connectivity index (χ2v) is 9.58. The molecule has 2 aromatic carbocycles. The van der Waals surface area contributed by atoms with Gasteiger partial charge in [-0.05, 0) is 50.1 Å². The molecule has 0 bridgehead atoms. The van der Waals surface area contributed by atoms with Crippen molar-refractivity contribution in [3.8, 4) is 11.5 Å². The molecule has 6 nitrogen and oxygen atoms in total. The van der Waals surface area contributed by atoms with E-state index >= 15 is 0 Å². The van der Waals surface area contributed by atoms with Crippen LogP contribution in [0.5, 0.6) is 11.5 Å². The van der Waals surface area contributed by atoms with Crippen LogP contribution in [0.4, 0.5) is 0 Å². The Bertz CT molecular complexity index is 988. The van der Waals surface area contributed by atoms with Crippen LogP contribution in [0.3, 0.4) is 0 Å². The zero-order valence-corrected chi connectivity index (χ0v) is 17.3. The summed E-state index contributed by atoms with van der Waals surface area (Å²) in [6, 6.07) is 9.86. The number of fused-ring (bicyclic) bond motifs is 1. The SMILES string of the molecule is CC(C)S(=O)(=O)c1ccccc1C(=O)NCCc1cc(Cl)c2c(c1)OCCO2. The summed E-state index contributed by atoms with van der Waals surface area (Å²) in [6.07, 6.45) is 0.515. The van der Waals surface area contributed by atoms with Gasteiger partial charge in [0.15, 0.2) is 21.3 Å². The van der Waals surface area contributed by atoms with Gasteiger partial charge in [0.25, 0.3) is 5.91 Å². The van der Waals surface area contributed by atoms with Gasteiger partial charge in [-0.1, -0.05) is 23.7 Å². The van der Waals surface area contributed by atoms with E-state index in [0.29, 0.717) is 42.7 Å². The maximum Gasteiger partial charge on any atom is 0.252 e. The Morgan fingerprint density at radius 2 is 1.89 bits per heavy atom. The van der Waals surface area contributed by atoms with Crippen LogP contribution in [0.25, 0.3) is 0 Å². The smallest absolute Gasteiger partial charge is 0.252 e. The monoisotopic (exact) mass is 423 g/mol. The highest BCUT2D eigenvalue weighted by molar-refractivity contribution is 7.92. The molecule has 28 heavy (non-hydrogen) atoms. The van der Waals surface area contributed by atoms with E-state index in [-0.39, 0.29) is 10.5 Å². The normalized spacial score (nSPS) is 13.4. The summed E-state index contributed by atoms with van der Waals surface area (Å²) >= 11 is 6.23. The standard InChI is InChI=1S/C20H22ClNO5S/c1-13(2)28(24,25)18-6-4-3-5-15(18)20(23)22-8-7-14-11-16(21)19-17(12-14)26-9-10-27-19/h3-6,11-13H,7-10H2,1-2H3,(H,22,23). The fourth-order valence-corrected chi connectivity index (χ4v) is 4.41. The molecule has 2 aromatic rings. The number of halogens is 1. The lowest BCUT2D eigenvalue weighted by Crippen LogP contribution is -2.28. The summed E-state index contributed by atoms with van der Waals surface area (Å²) in [5.41, 5.74) is 1.04. The van der Waals surface area contributed by atoms with Crippen molar-refractivity contribution in [2.24, 2.45) is 0 Å². The fourth-order valence-electron chi connectivity index (χ4n) is 2.88. The van der Waals surface area contributed by atoms with Gasteiger partial charge in [0.1, 0.15) is 13.2 Å². The average molecular weight is 424 g/mol. The molecule has 1 amide bonds. The lowest BCUT2D eigenvalue weighted by Gasteiger charge is -2.20. The highest BCUT2D eigenvalue weighted by Gasteiger charge is 2.25. The molecule has 0 unspecified atom stereocenters. The molecule has 8 heteroatoms. The van der Waals surface area contributed by atoms with Gasteiger partial charge in [-0.15, -0.1) is 0 Å². The molecule has 150 valence electrons. The van der Waals surface area contributed by atoms with E-state index in [2.05, 4.69) is 5.32 Å². The molecular weight excluding hydrogens is 402 g/mol. The van der Waals surface area contributed by atoms with Crippen molar-refractivity contribution < 1.29 is 22.7 Å². The van der Waals surface area contributed by atoms with Crippen LogP contribution in [0.2, 0.25) is 5.02 Å². The summed E-state index contributed by atoms with van der Waals surface area (Å²) in [4.78, 5) is 12.6. The first kappa shape index (κ1) is 20.5. The van der Waals surface area contributed by atoms with Crippen molar-refractivity contribution in [1.82, 2.24) is 5.32 Å². The van der Waals surface area contributed by atoms with Crippen molar-refractivity contribution in [2.45, 2.75) is 30.4 Å². The lowest BCUT2D eigenvalue weighted by molar-refractivity contribution is 0.0951. The Balaban J connectivity index is 1.70. The van der Waals surface area contributed by atoms with Crippen molar-refractivity contribution in [3.63, 3.8) is 0 Å². The number of benzene rings is 2. The molecule has 0 fully saturated rings. The van der Waals surface area contributed by atoms with Gasteiger partial charge < -0.3 is 14.8 Å². The number of sulfone groups is 1. The molecule has 0 aliphatic carbocycles. The number of carbonyl (C=O) groups excluding carboxylic acids is 1. The first-order valence-electron chi connectivity index (χ1n) is 9.00. The Morgan fingerprint density at radius 3 is 2.64 bits per heavy atom. The molecule has 1 aliphatic heterocycles. The van der Waals surface area contributed by atoms with Gasteiger partial charge in [-0.25, -0.2) is 8.42 Å². The van der Waals surface area contributed by atoms with Gasteiger partial charge in [0, 0.05) is 6.54 Å². The Morgan fingerprint density at radius 1 is 1.18 bits per heavy atom. The van der Waals surface area contributed by atoms with Crippen molar-refractivity contribution in [3.05, 3.63) is 52.5 Å². The molecular formula is C20H22ClNO5S. The number of hydrogen-bond acceptors (Lipinski definition) is 5. The molecule has 0 saturated carbocycles. The number of amides is 1. The molecule has 1 N–H and O–H groups in total. The van der Waals surface area contributed by atoms with Crippen LogP contribution < -0.4 is 14.8 Å². The van der Waals surface area contributed by atoms with E-state index in [9.17, 15) is 13.2 Å². The lowest BCUT2D eigenvalue weighted by atomic mass is 10.1. The Hall–Kier alpha value is -2.25. The van der Waals surface area contributed by atoms with Gasteiger partial charge in [-0.3, -0.25) is 4.79 Å². The van der Waals surface area contributed by atoms with E-state index in [0.717, 1.165) is 5.56 Å². The number of ether oxygens (including phenoxy) is 2. The molecule has 0 radical (unpaired) electrons. The predicted molar refractivity (Wildman–Crippen MR) is 107 cm³/mol. The minimum absolute atomic E-state index is 0.0462. The molecule has 0 atom stereocenters. The van der Waals surface area contributed by atoms with Crippen LogP contribution in [0.15, 0.2) is 41.3 Å². The molecule has 0 aromatic heterocycles. The minimum Gasteiger partial charge on any atom is -0.486 e. The van der Waals surface area contributed by atoms with Crippen LogP contribution in [0.1, 0.15) is 29.8 Å². The van der Waals surface area contributed by atoms with Gasteiger partial charge >= 0.3 is 0 Å². The Labute approximate surface area is 169 Å². The van der Waals surface area contributed by atoms with Crippen LogP contribution in [0, 0.1) is 0 Å². The third-order valence-electron chi connectivity index (χ3n) is 4.41. The number of hydrogen-bond donors (Lipinski definition) is 1. The maximum atomic E-state index is 12.6. The summed E-state index contributed by atoms with van der Waals surface area (Å²) < 4.78 is 36.1. The van der Waals surface area contributed by atoms with E-state index in [4.69, 9.17) is 21.1 Å². The maximum absolute atomic E-state index is 12.6. The summed E-state index contributed by atoms with van der Waals surface area (Å²) in [6.45, 7) is 4.43. The third-order valence-corrected chi connectivity index (χ3v) is 6.91. The molecule has 1 heterocycles. The predicted octanol–water partition coefficient (Wildman–Crippen LogP) is 3.27. The van der Waals surface area contributed by atoms with Gasteiger partial charge in [-0.2, -0.15) is 0 Å². The summed E-state index contributed by atoms with van der Waals surface area (Å²) in [5, 5.41) is 2.63. The van der Waals surface area contributed by atoms with Crippen molar-refractivity contribution in [2.75, 3.05) is 19.8 Å². The molecule has 0 saturated heterocycles. The highest BCUT2D eigenvalue weighted by atomic mass is 35.5. The minimum atomic E-state index is -3.55. The summed E-state index contributed by atoms with van der Waals surface area (Å²) in [5.74, 6) is 0.699. The number of nitrogens with one attached hydrogen (secondary N) is 1. The van der Waals surface area contributed by atoms with Crippen molar-refractivity contribution in [1.29, 1.82) is 0 Å². The molecule has 3 rings (SSSR count). The first-order chi connectivity index (χ1) is 13.3. The average Bonchev–Trinajstić information content (AvgIpc) is 2.68. The number of carbonyl (C=O) groups is 1. The van der Waals surface area contributed by atoms with Crippen LogP contribution in [-0.2, 0) is 16.3 Å². The second-order valence-electron chi connectivity index (χ2n) is 6.70. The van der Waals surface area contributed by atoms with Gasteiger partial charge in [0.05, 0.1) is 20.7 Å². The number of rotatable bonds is 6. The van der Waals surface area contributed by atoms with E-state index in [1.807, 2.05) is 6.07 Å². The Kier molecular flexibility index (Phi) is 6.15. The van der Waals surface area contributed by atoms with Crippen LogP contribution in [-0.4, -0.2) is 39.3 Å². The van der Waals surface area contributed by atoms with E-state index in [1.165, 1.54) is 12.1 Å². The fraction of sp³-hybridized carbons (Fsp3) is 0.350. The van der Waals surface area contributed by atoms with Gasteiger partial charge in [0.2, 0.25) is 0 Å². The third kappa shape index (κ3) is 4.25. The molecule has 0 spiro atoms. The van der Waals surface area contributed by atoms with E-state index in [1.54, 1.807) is 32.0 Å². The first-order valence-corrected chi connectivity index (χ1v) is 10.9. The van der Waals surface area contributed by atoms with Crippen LogP contribution >= 0.6 is 11.6 Å². The zero-order chi connectivity index (χ0) is 20.3. The summed E-state index contributed by atoms with van der Waals surface area (Å²) in [7, 11) is -3.55. The molecule has 1 aliphatic rings. The quantitative estimate of drug-likeness (QED) is 0.771. The highest BCUT2D eigenvalue weighted by Crippen LogP contribution is 2.38. The zero-order valence-electron chi connectivity index (χ0n) is 15.7.